The van der Waals surface area contributed by atoms with Crippen LogP contribution in [-0.2, 0) is 32.6 Å². The van der Waals surface area contributed by atoms with Crippen molar-refractivity contribution in [3.63, 3.8) is 0 Å². The summed E-state index contributed by atoms with van der Waals surface area (Å²) in [5, 5.41) is 2.81. The highest BCUT2D eigenvalue weighted by molar-refractivity contribution is 7.92. The van der Waals surface area contributed by atoms with Gasteiger partial charge in [0, 0.05) is 30.1 Å². The molecular formula is C24H29N3O4S. The zero-order valence-electron chi connectivity index (χ0n) is 18.6. The van der Waals surface area contributed by atoms with Crippen LogP contribution in [0.4, 0.5) is 11.4 Å². The Bertz CT molecular complexity index is 1160. The fourth-order valence-corrected chi connectivity index (χ4v) is 4.77. The van der Waals surface area contributed by atoms with Gasteiger partial charge in [-0.3, -0.25) is 14.3 Å². The third-order valence-electron chi connectivity index (χ3n) is 5.79. The number of anilines is 2. The Balaban J connectivity index is 1.51. The normalized spacial score (nSPS) is 16.3. The molecule has 1 aliphatic heterocycles. The van der Waals surface area contributed by atoms with Gasteiger partial charge in [0.15, 0.2) is 0 Å². The molecule has 0 bridgehead atoms. The largest absolute Gasteiger partial charge is 0.338 e. The van der Waals surface area contributed by atoms with Crippen LogP contribution in [0.3, 0.4) is 0 Å². The van der Waals surface area contributed by atoms with Crippen molar-refractivity contribution in [1.82, 2.24) is 4.90 Å². The maximum atomic E-state index is 13.0. The van der Waals surface area contributed by atoms with E-state index < -0.39 is 15.4 Å². The van der Waals surface area contributed by atoms with Crippen molar-refractivity contribution >= 4 is 33.2 Å². The van der Waals surface area contributed by atoms with E-state index in [0.717, 1.165) is 30.4 Å². The second kappa shape index (κ2) is 8.24. The highest BCUT2D eigenvalue weighted by Crippen LogP contribution is 2.33. The molecule has 4 rings (SSSR count). The second-order valence-corrected chi connectivity index (χ2v) is 11.3. The first kappa shape index (κ1) is 22.3. The van der Waals surface area contributed by atoms with Crippen LogP contribution < -0.4 is 10.0 Å². The molecule has 0 saturated heterocycles. The summed E-state index contributed by atoms with van der Waals surface area (Å²) in [7, 11) is -3.83. The van der Waals surface area contributed by atoms with E-state index >= 15 is 0 Å². The summed E-state index contributed by atoms with van der Waals surface area (Å²) < 4.78 is 28.7. The van der Waals surface area contributed by atoms with Crippen LogP contribution in [0.2, 0.25) is 0 Å². The maximum Gasteiger partial charge on any atom is 0.261 e. The summed E-state index contributed by atoms with van der Waals surface area (Å²) in [4.78, 5) is 26.7. The number of nitrogens with one attached hydrogen (secondary N) is 2. The van der Waals surface area contributed by atoms with E-state index in [-0.39, 0.29) is 22.6 Å². The first-order valence-corrected chi connectivity index (χ1v) is 12.4. The molecule has 0 spiro atoms. The standard InChI is InChI=1S/C24H29N3O4S/c1-24(2,3)23(29)25-19-5-4-6-20(14-19)26-32(30,31)21-10-9-16-11-12-27(15-18(16)13-21)22(28)17-7-8-17/h4-6,9-10,13-14,17,26H,7-8,11-12,15H2,1-3H3,(H,25,29). The third kappa shape index (κ3) is 4.96. The lowest BCUT2D eigenvalue weighted by Crippen LogP contribution is -2.37. The molecular weight excluding hydrogens is 426 g/mol. The Kier molecular flexibility index (Phi) is 5.75. The van der Waals surface area contributed by atoms with Crippen LogP contribution in [0, 0.1) is 11.3 Å². The zero-order valence-corrected chi connectivity index (χ0v) is 19.5. The highest BCUT2D eigenvalue weighted by atomic mass is 32.2. The van der Waals surface area contributed by atoms with Crippen LogP contribution in [0.25, 0.3) is 0 Å². The van der Waals surface area contributed by atoms with Gasteiger partial charge >= 0.3 is 0 Å². The molecule has 0 atom stereocenters. The molecule has 1 fully saturated rings. The molecule has 1 saturated carbocycles. The Morgan fingerprint density at radius 3 is 2.41 bits per heavy atom. The quantitative estimate of drug-likeness (QED) is 0.717. The van der Waals surface area contributed by atoms with E-state index in [1.165, 1.54) is 0 Å². The predicted octanol–water partition coefficient (Wildman–Crippen LogP) is 3.77. The fraction of sp³-hybridized carbons (Fsp3) is 0.417. The van der Waals surface area contributed by atoms with Gasteiger partial charge < -0.3 is 10.2 Å². The smallest absolute Gasteiger partial charge is 0.261 e. The van der Waals surface area contributed by atoms with Gasteiger partial charge in [-0.2, -0.15) is 0 Å². The Morgan fingerprint density at radius 1 is 1.00 bits per heavy atom. The van der Waals surface area contributed by atoms with E-state index in [2.05, 4.69) is 10.0 Å². The van der Waals surface area contributed by atoms with Gasteiger partial charge in [0.05, 0.1) is 10.6 Å². The molecule has 2 aromatic rings. The van der Waals surface area contributed by atoms with E-state index in [9.17, 15) is 18.0 Å². The SMILES string of the molecule is CC(C)(C)C(=O)Nc1cccc(NS(=O)(=O)c2ccc3c(c2)CN(C(=O)C2CC2)CC3)c1. The number of hydrogen-bond donors (Lipinski definition) is 2. The van der Waals surface area contributed by atoms with Crippen molar-refractivity contribution in [3.8, 4) is 0 Å². The van der Waals surface area contributed by atoms with Gasteiger partial charge in [-0.05, 0) is 60.7 Å². The number of amides is 2. The molecule has 0 aromatic heterocycles. The number of sulfonamides is 1. The molecule has 32 heavy (non-hydrogen) atoms. The van der Waals surface area contributed by atoms with Crippen LogP contribution >= 0.6 is 0 Å². The topological polar surface area (TPSA) is 95.6 Å². The summed E-state index contributed by atoms with van der Waals surface area (Å²) in [5.74, 6) is 0.171. The average Bonchev–Trinajstić information content (AvgIpc) is 3.57. The fourth-order valence-electron chi connectivity index (χ4n) is 3.67. The minimum atomic E-state index is -3.83. The lowest BCUT2D eigenvalue weighted by Gasteiger charge is -2.29. The number of carbonyl (C=O) groups is 2. The summed E-state index contributed by atoms with van der Waals surface area (Å²) in [5.41, 5.74) is 2.27. The van der Waals surface area contributed by atoms with Gasteiger partial charge in [-0.1, -0.05) is 32.9 Å². The average molecular weight is 456 g/mol. The number of carbonyl (C=O) groups excluding carboxylic acids is 2. The molecule has 2 N–H and O–H groups in total. The molecule has 7 nitrogen and oxygen atoms in total. The van der Waals surface area contributed by atoms with Crippen LogP contribution in [0.5, 0.6) is 0 Å². The summed E-state index contributed by atoms with van der Waals surface area (Å²) in [6, 6.07) is 11.7. The van der Waals surface area contributed by atoms with E-state index in [4.69, 9.17) is 0 Å². The van der Waals surface area contributed by atoms with Crippen molar-refractivity contribution in [2.45, 2.75) is 51.5 Å². The molecule has 2 aromatic carbocycles. The number of benzene rings is 2. The molecule has 170 valence electrons. The summed E-state index contributed by atoms with van der Waals surface area (Å²) in [6.07, 6.45) is 2.64. The minimum absolute atomic E-state index is 0.149. The monoisotopic (exact) mass is 455 g/mol. The lowest BCUT2D eigenvalue weighted by molar-refractivity contribution is -0.133. The van der Waals surface area contributed by atoms with Gasteiger partial charge in [-0.15, -0.1) is 0 Å². The molecule has 2 amide bonds. The Hall–Kier alpha value is -2.87. The first-order chi connectivity index (χ1) is 15.0. The summed E-state index contributed by atoms with van der Waals surface area (Å²) in [6.45, 7) is 6.56. The second-order valence-electron chi connectivity index (χ2n) is 9.61. The number of hydrogen-bond acceptors (Lipinski definition) is 4. The molecule has 1 aliphatic carbocycles. The molecule has 0 unspecified atom stereocenters. The first-order valence-electron chi connectivity index (χ1n) is 10.9. The minimum Gasteiger partial charge on any atom is -0.338 e. The Labute approximate surface area is 189 Å². The predicted molar refractivity (Wildman–Crippen MR) is 124 cm³/mol. The van der Waals surface area contributed by atoms with Gasteiger partial charge in [-0.25, -0.2) is 8.42 Å². The Morgan fingerprint density at radius 2 is 1.72 bits per heavy atom. The number of fused-ring (bicyclic) bond motifs is 1. The lowest BCUT2D eigenvalue weighted by atomic mass is 9.95. The number of nitrogens with zero attached hydrogens (tertiary/aromatic N) is 1. The zero-order chi connectivity index (χ0) is 23.1. The summed E-state index contributed by atoms with van der Waals surface area (Å²) >= 11 is 0. The van der Waals surface area contributed by atoms with Crippen LogP contribution in [0.15, 0.2) is 47.4 Å². The molecule has 0 radical (unpaired) electrons. The van der Waals surface area contributed by atoms with Gasteiger partial charge in [0.25, 0.3) is 10.0 Å². The van der Waals surface area contributed by atoms with Crippen molar-refractivity contribution in [3.05, 3.63) is 53.6 Å². The van der Waals surface area contributed by atoms with E-state index in [1.54, 1.807) is 36.4 Å². The third-order valence-corrected chi connectivity index (χ3v) is 7.17. The van der Waals surface area contributed by atoms with Crippen molar-refractivity contribution in [1.29, 1.82) is 0 Å². The van der Waals surface area contributed by atoms with Crippen LogP contribution in [0.1, 0.15) is 44.7 Å². The highest BCUT2D eigenvalue weighted by Gasteiger charge is 2.34. The van der Waals surface area contributed by atoms with Gasteiger partial charge in [0.2, 0.25) is 11.8 Å². The van der Waals surface area contributed by atoms with Crippen LogP contribution in [-0.4, -0.2) is 31.7 Å². The molecule has 2 aliphatic rings. The maximum absolute atomic E-state index is 13.0. The van der Waals surface area contributed by atoms with E-state index in [1.807, 2.05) is 31.7 Å². The molecule has 1 heterocycles. The van der Waals surface area contributed by atoms with Crippen molar-refractivity contribution in [2.24, 2.45) is 11.3 Å². The van der Waals surface area contributed by atoms with Crippen molar-refractivity contribution < 1.29 is 18.0 Å². The molecule has 8 heteroatoms. The van der Waals surface area contributed by atoms with E-state index in [0.29, 0.717) is 24.5 Å². The number of rotatable bonds is 5. The van der Waals surface area contributed by atoms with Gasteiger partial charge in [0.1, 0.15) is 0 Å². The van der Waals surface area contributed by atoms with Crippen molar-refractivity contribution in [2.75, 3.05) is 16.6 Å².